The number of pyridine rings is 4. The predicted octanol–water partition coefficient (Wildman–Crippen LogP) is 6.57. The van der Waals surface area contributed by atoms with Crippen LogP contribution >= 0.6 is 27.5 Å². The molecule has 0 bridgehead atoms. The van der Waals surface area contributed by atoms with Gasteiger partial charge in [-0.3, -0.25) is 0 Å². The summed E-state index contributed by atoms with van der Waals surface area (Å²) in [6, 6.07) is 13.3. The van der Waals surface area contributed by atoms with Crippen LogP contribution in [0.3, 0.4) is 0 Å². The third-order valence-corrected chi connectivity index (χ3v) is 6.58. The van der Waals surface area contributed by atoms with Crippen molar-refractivity contribution in [2.45, 2.75) is 32.6 Å². The van der Waals surface area contributed by atoms with Crippen molar-refractivity contribution in [2.24, 2.45) is 0 Å². The van der Waals surface area contributed by atoms with E-state index in [0.29, 0.717) is 16.9 Å². The lowest BCUT2D eigenvalue weighted by atomic mass is 10.2. The third-order valence-electron chi connectivity index (χ3n) is 5.59. The van der Waals surface area contributed by atoms with E-state index in [1.54, 1.807) is 25.1 Å². The third kappa shape index (κ3) is 19.7. The van der Waals surface area contributed by atoms with Gasteiger partial charge in [-0.25, -0.2) is 55.1 Å². The van der Waals surface area contributed by atoms with Crippen LogP contribution in [0.15, 0.2) is 40.9 Å². The van der Waals surface area contributed by atoms with Gasteiger partial charge < -0.3 is 41.9 Å². The standard InChI is InChI=1S/C9H9F2N3O.C8H6BrF2N3O.C8H7F2N3O.C7H7ClF2N2O/c1-5-7(13)2-6(3-12)14-9(5)15-4-8(10)11;9-7-5(13)1-4(2-12)14-8(7)15-3-6(10)11;9-7(10)4-14-8-2-5(12)1-6(3-11)13-8;8-5-1-4(11)2-7(12-5)13-3-6(9)10/h2,8H,4H2,1H3,(H2,13,14);1,6H,3H2,(H2,13,14);1-2,7H,4H2,(H2,12,13);1-2,6H,3H2,(H2,11,12). The van der Waals surface area contributed by atoms with Crippen molar-refractivity contribution in [1.82, 2.24) is 19.9 Å². The molecule has 0 aliphatic rings. The summed E-state index contributed by atoms with van der Waals surface area (Å²) in [5.41, 5.74) is 23.4. The van der Waals surface area contributed by atoms with Gasteiger partial charge in [0.05, 0.1) is 5.69 Å². The van der Waals surface area contributed by atoms with Crippen molar-refractivity contribution in [1.29, 1.82) is 15.8 Å². The first kappa shape index (κ1) is 48.7. The Kier molecular flexibility index (Phi) is 21.3. The van der Waals surface area contributed by atoms with Crippen LogP contribution in [0.2, 0.25) is 5.15 Å². The van der Waals surface area contributed by atoms with Gasteiger partial charge in [-0.15, -0.1) is 0 Å². The summed E-state index contributed by atoms with van der Waals surface area (Å²) in [7, 11) is 0. The van der Waals surface area contributed by atoms with Crippen molar-refractivity contribution >= 4 is 50.3 Å². The molecular weight excluding hydrogens is 870 g/mol. The van der Waals surface area contributed by atoms with E-state index in [0.717, 1.165) is 0 Å². The van der Waals surface area contributed by atoms with E-state index in [2.05, 4.69) is 50.1 Å². The first-order chi connectivity index (χ1) is 26.8. The summed E-state index contributed by atoms with van der Waals surface area (Å²) in [6.07, 6.45) is -10.3. The topological polar surface area (TPSA) is 264 Å². The fraction of sp³-hybridized carbons (Fsp3) is 0.281. The zero-order chi connectivity index (χ0) is 43.2. The van der Waals surface area contributed by atoms with Gasteiger partial charge in [0, 0.05) is 34.8 Å². The normalized spacial score (nSPS) is 10.1. The van der Waals surface area contributed by atoms with Crippen LogP contribution in [-0.2, 0) is 0 Å². The van der Waals surface area contributed by atoms with Crippen molar-refractivity contribution < 1.29 is 54.1 Å². The lowest BCUT2D eigenvalue weighted by Crippen LogP contribution is -2.10. The molecule has 4 rings (SSSR count). The number of ether oxygens (including phenoxy) is 4. The Morgan fingerprint density at radius 1 is 0.579 bits per heavy atom. The monoisotopic (exact) mass is 897 g/mol. The molecule has 0 aliphatic heterocycles. The van der Waals surface area contributed by atoms with Crippen molar-refractivity contribution in [3.8, 4) is 41.7 Å². The molecule has 306 valence electrons. The lowest BCUT2D eigenvalue weighted by molar-refractivity contribution is 0.0790. The molecule has 4 aromatic rings. The highest BCUT2D eigenvalue weighted by molar-refractivity contribution is 9.10. The molecular formula is C32H29BrClF8N11O4. The number of rotatable bonds is 12. The first-order valence-electron chi connectivity index (χ1n) is 15.1. The zero-order valence-corrected chi connectivity index (χ0v) is 31.3. The van der Waals surface area contributed by atoms with Crippen LogP contribution in [0.1, 0.15) is 22.6 Å². The molecule has 4 heterocycles. The molecule has 0 saturated heterocycles. The molecule has 25 heteroatoms. The van der Waals surface area contributed by atoms with E-state index in [-0.39, 0.29) is 61.6 Å². The minimum Gasteiger partial charge on any atom is -0.472 e. The Bertz CT molecular complexity index is 1940. The van der Waals surface area contributed by atoms with Gasteiger partial charge in [-0.1, -0.05) is 11.6 Å². The van der Waals surface area contributed by atoms with Crippen LogP contribution in [0.25, 0.3) is 0 Å². The summed E-state index contributed by atoms with van der Waals surface area (Å²) >= 11 is 8.53. The van der Waals surface area contributed by atoms with Gasteiger partial charge in [0.2, 0.25) is 23.5 Å². The molecule has 15 nitrogen and oxygen atoms in total. The molecule has 0 aliphatic carbocycles. The van der Waals surface area contributed by atoms with Crippen molar-refractivity contribution in [2.75, 3.05) is 49.4 Å². The molecule has 0 aromatic carbocycles. The van der Waals surface area contributed by atoms with Crippen molar-refractivity contribution in [3.05, 3.63) is 68.7 Å². The maximum absolute atomic E-state index is 11.9. The van der Waals surface area contributed by atoms with Crippen LogP contribution in [-0.4, -0.2) is 72.1 Å². The van der Waals surface area contributed by atoms with E-state index < -0.39 is 52.1 Å². The Morgan fingerprint density at radius 3 is 1.42 bits per heavy atom. The lowest BCUT2D eigenvalue weighted by Gasteiger charge is -2.09. The average Bonchev–Trinajstić information content (AvgIpc) is 3.14. The molecule has 0 saturated carbocycles. The van der Waals surface area contributed by atoms with Crippen LogP contribution in [0, 0.1) is 40.9 Å². The molecule has 0 amide bonds. The molecule has 0 spiro atoms. The number of nitrogen functional groups attached to an aromatic ring is 4. The van der Waals surface area contributed by atoms with Gasteiger partial charge in [0.1, 0.15) is 44.9 Å². The maximum atomic E-state index is 11.9. The molecule has 0 atom stereocenters. The maximum Gasteiger partial charge on any atom is 0.272 e. The SMILES string of the molecule is Cc1c(N)cc(C#N)nc1OCC(F)F.N#Cc1cc(N)c(Br)c(OCC(F)F)n1.N#Cc1cc(N)cc(OCC(F)F)n1.Nc1cc(Cl)nc(OCC(F)F)c1. The summed E-state index contributed by atoms with van der Waals surface area (Å²) < 4.78 is 113. The zero-order valence-electron chi connectivity index (χ0n) is 29.0. The fourth-order valence-electron chi connectivity index (χ4n) is 3.28. The second kappa shape index (κ2) is 25.0. The molecule has 0 fully saturated rings. The summed E-state index contributed by atoms with van der Waals surface area (Å²) in [5.74, 6) is -0.189. The second-order valence-electron chi connectivity index (χ2n) is 10.1. The molecule has 8 N–H and O–H groups in total. The highest BCUT2D eigenvalue weighted by Crippen LogP contribution is 2.29. The van der Waals surface area contributed by atoms with Gasteiger partial charge >= 0.3 is 0 Å². The van der Waals surface area contributed by atoms with Crippen LogP contribution in [0.4, 0.5) is 57.9 Å². The number of nitrogens with two attached hydrogens (primary N) is 4. The van der Waals surface area contributed by atoms with Crippen LogP contribution in [0.5, 0.6) is 23.5 Å². The van der Waals surface area contributed by atoms with Gasteiger partial charge in [0.15, 0.2) is 26.4 Å². The average molecular weight is 899 g/mol. The smallest absolute Gasteiger partial charge is 0.272 e. The van der Waals surface area contributed by atoms with E-state index in [9.17, 15) is 35.1 Å². The number of nitrogens with zero attached hydrogens (tertiary/aromatic N) is 7. The van der Waals surface area contributed by atoms with E-state index in [4.69, 9.17) is 55.1 Å². The summed E-state index contributed by atoms with van der Waals surface area (Å²) in [6.45, 7) is -1.44. The Balaban J connectivity index is 0.000000381. The highest BCUT2D eigenvalue weighted by atomic mass is 79.9. The first-order valence-corrected chi connectivity index (χ1v) is 16.2. The molecule has 57 heavy (non-hydrogen) atoms. The van der Waals surface area contributed by atoms with E-state index in [1.165, 1.54) is 36.4 Å². The highest BCUT2D eigenvalue weighted by Gasteiger charge is 2.13. The fourth-order valence-corrected chi connectivity index (χ4v) is 3.81. The summed E-state index contributed by atoms with van der Waals surface area (Å²) in [4.78, 5) is 14.7. The minimum atomic E-state index is -2.61. The quantitative estimate of drug-likeness (QED) is 0.0865. The number of hydrogen-bond acceptors (Lipinski definition) is 15. The number of anilines is 4. The summed E-state index contributed by atoms with van der Waals surface area (Å²) in [5, 5.41) is 25.8. The number of halogens is 10. The minimum absolute atomic E-state index is 0.00491. The van der Waals surface area contributed by atoms with E-state index >= 15 is 0 Å². The molecule has 4 aromatic heterocycles. The Hall–Kier alpha value is -6.32. The molecule has 0 unspecified atom stereocenters. The molecule has 0 radical (unpaired) electrons. The number of nitriles is 3. The van der Waals surface area contributed by atoms with Gasteiger partial charge in [-0.2, -0.15) is 15.8 Å². The van der Waals surface area contributed by atoms with Crippen LogP contribution < -0.4 is 41.9 Å². The largest absolute Gasteiger partial charge is 0.472 e. The van der Waals surface area contributed by atoms with E-state index in [1.807, 2.05) is 0 Å². The number of hydrogen-bond donors (Lipinski definition) is 4. The second-order valence-corrected chi connectivity index (χ2v) is 11.3. The predicted molar refractivity (Wildman–Crippen MR) is 192 cm³/mol. The van der Waals surface area contributed by atoms with Crippen molar-refractivity contribution in [3.63, 3.8) is 0 Å². The number of alkyl halides is 8. The van der Waals surface area contributed by atoms with Gasteiger partial charge in [-0.05, 0) is 47.1 Å². The Labute approximate surface area is 331 Å². The Morgan fingerprint density at radius 2 is 0.965 bits per heavy atom. The number of aromatic nitrogens is 4. The van der Waals surface area contributed by atoms with Gasteiger partial charge in [0.25, 0.3) is 25.7 Å².